The van der Waals surface area contributed by atoms with Crippen molar-refractivity contribution in [3.8, 4) is 17.2 Å². The molecule has 6 nitrogen and oxygen atoms in total. The highest BCUT2D eigenvalue weighted by atomic mass is 16.5. The fourth-order valence-electron chi connectivity index (χ4n) is 3.34. The number of ketones is 1. The van der Waals surface area contributed by atoms with Crippen LogP contribution in [-0.4, -0.2) is 35.7 Å². The van der Waals surface area contributed by atoms with Gasteiger partial charge in [-0.05, 0) is 48.4 Å². The SMILES string of the molecule is CCC(=O)c1ccc(O)c(OC)c1.Cc1ccc(OC(=O)Cc2ccccc2)cc1.OCC=Cc1ccccc1. The molecule has 0 spiro atoms. The van der Waals surface area contributed by atoms with E-state index >= 15 is 0 Å². The van der Waals surface area contributed by atoms with Crippen LogP contribution in [0.4, 0.5) is 0 Å². The van der Waals surface area contributed by atoms with E-state index in [1.54, 1.807) is 37.3 Å². The van der Waals surface area contributed by atoms with Crippen LogP contribution in [-0.2, 0) is 11.2 Å². The number of aliphatic hydroxyl groups is 1. The van der Waals surface area contributed by atoms with Crippen molar-refractivity contribution < 1.29 is 29.3 Å². The first-order valence-electron chi connectivity index (χ1n) is 12.9. The van der Waals surface area contributed by atoms with E-state index in [1.807, 2.05) is 85.8 Å². The lowest BCUT2D eigenvalue weighted by Crippen LogP contribution is -2.11. The van der Waals surface area contributed by atoms with E-state index in [0.29, 0.717) is 29.9 Å². The number of benzene rings is 4. The van der Waals surface area contributed by atoms with Crippen LogP contribution in [0.2, 0.25) is 0 Å². The summed E-state index contributed by atoms with van der Waals surface area (Å²) in [5, 5.41) is 17.7. The van der Waals surface area contributed by atoms with Crippen molar-refractivity contribution in [3.05, 3.63) is 131 Å². The monoisotopic (exact) mass is 540 g/mol. The summed E-state index contributed by atoms with van der Waals surface area (Å²) in [5.74, 6) is 0.782. The molecule has 0 atom stereocenters. The Morgan fingerprint density at radius 1 is 0.850 bits per heavy atom. The summed E-state index contributed by atoms with van der Waals surface area (Å²) in [7, 11) is 1.45. The number of Topliss-reactive ketones (excluding diaryl/α,β-unsaturated/α-hetero) is 1. The molecule has 0 saturated heterocycles. The Morgan fingerprint density at radius 2 is 1.48 bits per heavy atom. The molecule has 40 heavy (non-hydrogen) atoms. The van der Waals surface area contributed by atoms with Gasteiger partial charge in [0, 0.05) is 12.0 Å². The van der Waals surface area contributed by atoms with Crippen LogP contribution in [0.15, 0.2) is 109 Å². The Bertz CT molecular complexity index is 1330. The molecule has 0 aliphatic carbocycles. The maximum absolute atomic E-state index is 11.6. The zero-order valence-electron chi connectivity index (χ0n) is 23.1. The summed E-state index contributed by atoms with van der Waals surface area (Å²) in [6.07, 6.45) is 4.36. The molecule has 2 N–H and O–H groups in total. The first-order chi connectivity index (χ1) is 19.4. The van der Waals surface area contributed by atoms with Crippen molar-refractivity contribution in [3.63, 3.8) is 0 Å². The maximum Gasteiger partial charge on any atom is 0.315 e. The quantitative estimate of drug-likeness (QED) is 0.145. The number of carbonyl (C=O) groups is 2. The van der Waals surface area contributed by atoms with Gasteiger partial charge >= 0.3 is 5.97 Å². The molecule has 0 heterocycles. The molecular weight excluding hydrogens is 504 g/mol. The first kappa shape index (κ1) is 31.5. The number of phenolic OH excluding ortho intramolecular Hbond substituents is 1. The second-order valence-electron chi connectivity index (χ2n) is 8.61. The predicted molar refractivity (Wildman–Crippen MR) is 159 cm³/mol. The molecule has 0 radical (unpaired) electrons. The number of esters is 1. The summed E-state index contributed by atoms with van der Waals surface area (Å²) < 4.78 is 10.1. The molecule has 0 amide bonds. The van der Waals surface area contributed by atoms with Crippen molar-refractivity contribution >= 4 is 17.8 Å². The van der Waals surface area contributed by atoms with Gasteiger partial charge in [-0.3, -0.25) is 9.59 Å². The minimum atomic E-state index is -0.236. The molecular formula is C34H36O6. The summed E-state index contributed by atoms with van der Waals surface area (Å²) in [5.41, 5.74) is 3.80. The van der Waals surface area contributed by atoms with Gasteiger partial charge in [-0.2, -0.15) is 0 Å². The Balaban J connectivity index is 0.000000218. The molecule has 208 valence electrons. The number of aliphatic hydroxyl groups excluding tert-OH is 1. The number of rotatable bonds is 8. The average Bonchev–Trinajstić information content (AvgIpc) is 2.99. The largest absolute Gasteiger partial charge is 0.504 e. The minimum absolute atomic E-state index is 0.0401. The molecule has 0 aliphatic heterocycles. The summed E-state index contributed by atoms with van der Waals surface area (Å²) >= 11 is 0. The smallest absolute Gasteiger partial charge is 0.315 e. The van der Waals surface area contributed by atoms with Gasteiger partial charge in [0.2, 0.25) is 0 Å². The number of methoxy groups -OCH3 is 1. The van der Waals surface area contributed by atoms with E-state index in [2.05, 4.69) is 0 Å². The van der Waals surface area contributed by atoms with E-state index in [9.17, 15) is 14.7 Å². The number of hydrogen-bond donors (Lipinski definition) is 2. The van der Waals surface area contributed by atoms with Crippen molar-refractivity contribution in [2.45, 2.75) is 26.7 Å². The van der Waals surface area contributed by atoms with E-state index in [0.717, 1.165) is 16.7 Å². The van der Waals surface area contributed by atoms with Gasteiger partial charge < -0.3 is 19.7 Å². The van der Waals surface area contributed by atoms with Crippen molar-refractivity contribution in [2.75, 3.05) is 13.7 Å². The topological polar surface area (TPSA) is 93.1 Å². The van der Waals surface area contributed by atoms with Gasteiger partial charge in [-0.15, -0.1) is 0 Å². The molecule has 4 aromatic rings. The Kier molecular flexibility index (Phi) is 14.0. The van der Waals surface area contributed by atoms with E-state index in [-0.39, 0.29) is 24.1 Å². The highest BCUT2D eigenvalue weighted by Crippen LogP contribution is 2.26. The van der Waals surface area contributed by atoms with Crippen LogP contribution in [0.3, 0.4) is 0 Å². The summed E-state index contributed by atoms with van der Waals surface area (Å²) in [6.45, 7) is 3.89. The number of ether oxygens (including phenoxy) is 2. The van der Waals surface area contributed by atoms with Gasteiger partial charge in [0.25, 0.3) is 0 Å². The lowest BCUT2D eigenvalue weighted by atomic mass is 10.1. The molecule has 0 aromatic heterocycles. The third-order valence-corrected chi connectivity index (χ3v) is 5.48. The molecule has 0 unspecified atom stereocenters. The van der Waals surface area contributed by atoms with E-state index < -0.39 is 0 Å². The number of aromatic hydroxyl groups is 1. The highest BCUT2D eigenvalue weighted by Gasteiger charge is 2.07. The molecule has 4 aromatic carbocycles. The zero-order valence-corrected chi connectivity index (χ0v) is 23.1. The first-order valence-corrected chi connectivity index (χ1v) is 12.9. The van der Waals surface area contributed by atoms with Gasteiger partial charge in [0.05, 0.1) is 20.1 Å². The molecule has 0 fully saturated rings. The van der Waals surface area contributed by atoms with Gasteiger partial charge in [0.1, 0.15) is 5.75 Å². The molecule has 0 aliphatic rings. The van der Waals surface area contributed by atoms with Crippen LogP contribution in [0, 0.1) is 6.92 Å². The summed E-state index contributed by atoms with van der Waals surface area (Å²) in [6, 6.07) is 31.5. The second-order valence-corrected chi connectivity index (χ2v) is 8.61. The van der Waals surface area contributed by atoms with Gasteiger partial charge in [0.15, 0.2) is 17.3 Å². The minimum Gasteiger partial charge on any atom is -0.504 e. The average molecular weight is 541 g/mol. The van der Waals surface area contributed by atoms with E-state index in [1.165, 1.54) is 13.2 Å². The Hall–Kier alpha value is -4.68. The van der Waals surface area contributed by atoms with Crippen LogP contribution >= 0.6 is 0 Å². The molecule has 4 rings (SSSR count). The fraction of sp³-hybridized carbons (Fsp3) is 0.176. The van der Waals surface area contributed by atoms with Crippen LogP contribution < -0.4 is 9.47 Å². The van der Waals surface area contributed by atoms with Crippen molar-refractivity contribution in [1.29, 1.82) is 0 Å². The van der Waals surface area contributed by atoms with Crippen molar-refractivity contribution in [1.82, 2.24) is 0 Å². The molecule has 0 bridgehead atoms. The van der Waals surface area contributed by atoms with Gasteiger partial charge in [-0.1, -0.05) is 97.4 Å². The Morgan fingerprint density at radius 3 is 2.05 bits per heavy atom. The number of hydrogen-bond acceptors (Lipinski definition) is 6. The molecule has 6 heteroatoms. The maximum atomic E-state index is 11.6. The Labute approximate surface area is 236 Å². The third-order valence-electron chi connectivity index (χ3n) is 5.48. The second kappa shape index (κ2) is 17.8. The number of phenols is 1. The highest BCUT2D eigenvalue weighted by molar-refractivity contribution is 5.96. The lowest BCUT2D eigenvalue weighted by Gasteiger charge is -2.04. The number of aryl methyl sites for hydroxylation is 1. The zero-order chi connectivity index (χ0) is 29.2. The number of carbonyl (C=O) groups excluding carboxylic acids is 2. The van der Waals surface area contributed by atoms with Crippen molar-refractivity contribution in [2.24, 2.45) is 0 Å². The lowest BCUT2D eigenvalue weighted by molar-refractivity contribution is -0.133. The molecule has 0 saturated carbocycles. The fourth-order valence-corrected chi connectivity index (χ4v) is 3.34. The van der Waals surface area contributed by atoms with Gasteiger partial charge in [-0.25, -0.2) is 0 Å². The standard InChI is InChI=1S/C15H14O2.C10H12O3.C9H10O/c1-12-7-9-14(10-8-12)17-15(16)11-13-5-3-2-4-6-13;1-3-8(11)7-4-5-9(12)10(6-7)13-2;10-8-4-7-9-5-2-1-3-6-9/h2-10H,11H2,1H3;4-6,12H,3H2,1-2H3;1-7,10H,8H2. The third kappa shape index (κ3) is 11.8. The predicted octanol–water partition coefficient (Wildman–Crippen LogP) is 6.83. The van der Waals surface area contributed by atoms with Crippen LogP contribution in [0.25, 0.3) is 6.08 Å². The summed E-state index contributed by atoms with van der Waals surface area (Å²) in [4.78, 5) is 22.9. The van der Waals surface area contributed by atoms with Crippen LogP contribution in [0.5, 0.6) is 17.2 Å². The normalized spacial score (nSPS) is 10.0. The van der Waals surface area contributed by atoms with Crippen LogP contribution in [0.1, 0.15) is 40.4 Å². The van der Waals surface area contributed by atoms with E-state index in [4.69, 9.17) is 14.6 Å².